The fourth-order valence-corrected chi connectivity index (χ4v) is 0.341. The molecule has 0 rings (SSSR count). The van der Waals surface area contributed by atoms with Gasteiger partial charge in [-0.1, -0.05) is 13.8 Å². The van der Waals surface area contributed by atoms with Crippen molar-refractivity contribution in [1.82, 2.24) is 0 Å². The Labute approximate surface area is 61.9 Å². The van der Waals surface area contributed by atoms with Gasteiger partial charge in [-0.15, -0.1) is 0 Å². The fourth-order valence-electron chi connectivity index (χ4n) is 0.341. The molecule has 0 amide bonds. The maximum atomic E-state index is 10.4. The Balaban J connectivity index is 4.84. The van der Waals surface area contributed by atoms with E-state index in [1.165, 1.54) is 0 Å². The van der Waals surface area contributed by atoms with Crippen molar-refractivity contribution >= 4 is 5.97 Å². The minimum absolute atomic E-state index is 0.987. The molecular weight excluding hydrogens is 119 g/mol. The standard InChI is InChI=1S/C6H13NO2/c1-4(2)3-5(7)6(8)9/h4-5H,3,7H2,1-2H3,(H,8,9)/t5-/m0/s1/i1D3,2+1,3D,4D/t3-,4-,5-. The zero-order valence-corrected chi connectivity index (χ0v) is 5.09. The van der Waals surface area contributed by atoms with Crippen LogP contribution < -0.4 is 5.73 Å². The molecule has 0 bridgehead atoms. The number of carboxylic acids is 1. The Hall–Kier alpha value is -0.570. The van der Waals surface area contributed by atoms with Crippen LogP contribution in [0.15, 0.2) is 0 Å². The summed E-state index contributed by atoms with van der Waals surface area (Å²) in [5.41, 5.74) is 5.09. The number of hydrogen-bond acceptors (Lipinski definition) is 2. The molecule has 0 fully saturated rings. The molecule has 3 N–H and O–H groups in total. The van der Waals surface area contributed by atoms with Crippen LogP contribution in [0.2, 0.25) is 0 Å². The van der Waals surface area contributed by atoms with Crippen molar-refractivity contribution in [1.29, 1.82) is 0 Å². The second-order valence-electron chi connectivity index (χ2n) is 1.71. The molecule has 0 aromatic rings. The molecule has 0 aromatic carbocycles. The zero-order valence-electron chi connectivity index (χ0n) is 10.1. The summed E-state index contributed by atoms with van der Waals surface area (Å²) in [4.78, 5) is 10.4. The number of aliphatic carboxylic acids is 1. The highest BCUT2D eigenvalue weighted by Gasteiger charge is 2.11. The van der Waals surface area contributed by atoms with Gasteiger partial charge in [0.1, 0.15) is 6.04 Å². The summed E-state index contributed by atoms with van der Waals surface area (Å²) >= 11 is 0. The lowest BCUT2D eigenvalue weighted by Crippen LogP contribution is -2.31. The quantitative estimate of drug-likeness (QED) is 0.555. The van der Waals surface area contributed by atoms with Crippen LogP contribution >= 0.6 is 0 Å². The maximum Gasteiger partial charge on any atom is 0.320 e. The highest BCUT2D eigenvalue weighted by molar-refractivity contribution is 5.72. The van der Waals surface area contributed by atoms with E-state index in [1.807, 2.05) is 0 Å². The van der Waals surface area contributed by atoms with Gasteiger partial charge in [-0.25, -0.2) is 0 Å². The summed E-state index contributed by atoms with van der Waals surface area (Å²) < 4.78 is 35.7. The molecule has 9 heavy (non-hydrogen) atoms. The van der Waals surface area contributed by atoms with Gasteiger partial charge in [-0.2, -0.15) is 0 Å². The molecule has 0 unspecified atom stereocenters. The third-order valence-electron chi connectivity index (χ3n) is 0.715. The van der Waals surface area contributed by atoms with E-state index in [9.17, 15) is 4.79 Å². The average molecular weight is 137 g/mol. The second-order valence-corrected chi connectivity index (χ2v) is 1.71. The van der Waals surface area contributed by atoms with E-state index in [-0.39, 0.29) is 0 Å². The lowest BCUT2D eigenvalue weighted by Gasteiger charge is -2.07. The summed E-state index contributed by atoms with van der Waals surface area (Å²) in [6.45, 7) is -1.74. The summed E-state index contributed by atoms with van der Waals surface area (Å²) in [6, 6.07) is -1.67. The van der Waals surface area contributed by atoms with Gasteiger partial charge in [0, 0.05) is 6.85 Å². The van der Waals surface area contributed by atoms with Gasteiger partial charge in [0.25, 0.3) is 0 Å². The molecule has 3 atom stereocenters. The van der Waals surface area contributed by atoms with E-state index in [0.717, 1.165) is 6.92 Å². The van der Waals surface area contributed by atoms with Crippen LogP contribution in [-0.2, 0) is 4.79 Å². The highest BCUT2D eigenvalue weighted by Crippen LogP contribution is 2.01. The first-order valence-electron chi connectivity index (χ1n) is 5.00. The monoisotopic (exact) mass is 137 g/mol. The van der Waals surface area contributed by atoms with Crippen LogP contribution in [-0.4, -0.2) is 17.1 Å². The van der Waals surface area contributed by atoms with Crippen LogP contribution in [0, 0.1) is 5.89 Å². The van der Waals surface area contributed by atoms with E-state index < -0.39 is 31.2 Å². The van der Waals surface area contributed by atoms with Crippen LogP contribution in [0.3, 0.4) is 0 Å². The van der Waals surface area contributed by atoms with E-state index in [2.05, 4.69) is 0 Å². The van der Waals surface area contributed by atoms with Crippen molar-refractivity contribution in [2.75, 3.05) is 0 Å². The molecule has 54 valence electrons. The number of carbonyl (C=O) groups is 1. The van der Waals surface area contributed by atoms with Crippen molar-refractivity contribution in [3.05, 3.63) is 0 Å². The molecule has 0 heterocycles. The molecule has 0 aliphatic heterocycles. The Morgan fingerprint density at radius 3 is 3.11 bits per heavy atom. The first kappa shape index (κ1) is 3.01. The molecule has 0 spiro atoms. The molecule has 0 aromatic heterocycles. The van der Waals surface area contributed by atoms with Crippen LogP contribution in [0.25, 0.3) is 0 Å². The highest BCUT2D eigenvalue weighted by atomic mass is 16.4. The number of rotatable bonds is 3. The number of nitrogens with two attached hydrogens (primary N) is 1. The van der Waals surface area contributed by atoms with Crippen LogP contribution in [0.4, 0.5) is 0 Å². The predicted molar refractivity (Wildman–Crippen MR) is 35.1 cm³/mol. The van der Waals surface area contributed by atoms with Gasteiger partial charge in [0.2, 0.25) is 0 Å². The SMILES string of the molecule is [2H][C@H]([C@H](N)C(=O)O)[C@]([2H])([13CH3])C([2H])([2H])[2H]. The fraction of sp³-hybridized carbons (Fsp3) is 0.833. The van der Waals surface area contributed by atoms with Gasteiger partial charge in [-0.05, 0) is 12.3 Å². The normalized spacial score (nSPS) is 33.3. The molecular formula is C6H13NO2. The van der Waals surface area contributed by atoms with Crippen molar-refractivity contribution in [3.63, 3.8) is 0 Å². The van der Waals surface area contributed by atoms with Crippen molar-refractivity contribution in [2.45, 2.75) is 26.2 Å². The summed E-state index contributed by atoms with van der Waals surface area (Å²) in [5, 5.41) is 8.47. The molecule has 0 aliphatic carbocycles. The Kier molecular flexibility index (Phi) is 1.16. The van der Waals surface area contributed by atoms with E-state index >= 15 is 0 Å². The largest absolute Gasteiger partial charge is 0.480 e. The zero-order chi connectivity index (χ0) is 11.7. The third kappa shape index (κ3) is 3.97. The molecule has 0 saturated heterocycles. The molecule has 3 heteroatoms. The Bertz CT molecular complexity index is 227. The second kappa shape index (κ2) is 3.45. The van der Waals surface area contributed by atoms with Crippen LogP contribution in [0.5, 0.6) is 0 Å². The van der Waals surface area contributed by atoms with Gasteiger partial charge in [0.05, 0.1) is 0 Å². The number of carboxylic acid groups (broad SMARTS) is 1. The molecule has 0 saturated carbocycles. The maximum absolute atomic E-state index is 10.4. The first-order chi connectivity index (χ1) is 6.01. The van der Waals surface area contributed by atoms with Crippen molar-refractivity contribution in [3.8, 4) is 0 Å². The Morgan fingerprint density at radius 1 is 2.22 bits per heavy atom. The van der Waals surface area contributed by atoms with E-state index in [0.29, 0.717) is 0 Å². The van der Waals surface area contributed by atoms with E-state index in [1.54, 1.807) is 0 Å². The molecule has 3 nitrogen and oxygen atoms in total. The lowest BCUT2D eigenvalue weighted by molar-refractivity contribution is -0.138. The van der Waals surface area contributed by atoms with Gasteiger partial charge >= 0.3 is 5.97 Å². The van der Waals surface area contributed by atoms with Crippen molar-refractivity contribution < 1.29 is 16.8 Å². The third-order valence-corrected chi connectivity index (χ3v) is 0.715. The van der Waals surface area contributed by atoms with E-state index in [4.69, 9.17) is 17.7 Å². The van der Waals surface area contributed by atoms with Gasteiger partial charge in [-0.3, -0.25) is 4.79 Å². The smallest absolute Gasteiger partial charge is 0.320 e. The van der Waals surface area contributed by atoms with Crippen LogP contribution in [0.1, 0.15) is 27.0 Å². The number of hydrogen-bond donors (Lipinski definition) is 2. The van der Waals surface area contributed by atoms with Gasteiger partial charge < -0.3 is 10.8 Å². The topological polar surface area (TPSA) is 63.3 Å². The Morgan fingerprint density at radius 2 is 2.78 bits per heavy atom. The minimum Gasteiger partial charge on any atom is -0.480 e. The lowest BCUT2D eigenvalue weighted by atomic mass is 10.1. The average Bonchev–Trinajstić information content (AvgIpc) is 1.99. The molecule has 0 radical (unpaired) electrons. The minimum atomic E-state index is -2.73. The summed E-state index contributed by atoms with van der Waals surface area (Å²) in [5.74, 6) is -3.67. The first-order valence-corrected chi connectivity index (χ1v) is 2.42. The predicted octanol–water partition coefficient (Wildman–Crippen LogP) is 0.444. The van der Waals surface area contributed by atoms with Crippen molar-refractivity contribution in [2.24, 2.45) is 11.6 Å². The summed E-state index contributed by atoms with van der Waals surface area (Å²) in [6.07, 6.45) is -1.70. The van der Waals surface area contributed by atoms with Gasteiger partial charge in [0.15, 0.2) is 0 Å². The summed E-state index contributed by atoms with van der Waals surface area (Å²) in [7, 11) is 0. The molecule has 0 aliphatic rings.